The fourth-order valence-electron chi connectivity index (χ4n) is 7.64. The quantitative estimate of drug-likeness (QED) is 0.0840. The molecule has 1 fully saturated rings. The third kappa shape index (κ3) is 13.7. The highest BCUT2D eigenvalue weighted by molar-refractivity contribution is 8.00. The van der Waals surface area contributed by atoms with E-state index in [2.05, 4.69) is 26.3 Å². The highest BCUT2D eigenvalue weighted by atomic mass is 32.2. The summed E-state index contributed by atoms with van der Waals surface area (Å²) in [7, 11) is 0. The highest BCUT2D eigenvalue weighted by Gasteiger charge is 2.39. The number of thioether (sulfide) groups is 1. The van der Waals surface area contributed by atoms with Gasteiger partial charge in [-0.05, 0) is 73.4 Å². The van der Waals surface area contributed by atoms with Gasteiger partial charge in [-0.15, -0.1) is 0 Å². The third-order valence-corrected chi connectivity index (χ3v) is 12.9. The number of aliphatic hydroxyl groups excluding tert-OH is 1. The average Bonchev–Trinajstić information content (AvgIpc) is 3.81. The number of benzene rings is 1. The summed E-state index contributed by atoms with van der Waals surface area (Å²) in [6.45, 7) is 9.11. The van der Waals surface area contributed by atoms with Crippen molar-refractivity contribution in [3.05, 3.63) is 59.4 Å². The number of urea groups is 1. The molecule has 0 radical (unpaired) electrons. The van der Waals surface area contributed by atoms with Gasteiger partial charge in [0.15, 0.2) is 0 Å². The fourth-order valence-corrected chi connectivity index (χ4v) is 8.82. The molecule has 3 aliphatic rings. The van der Waals surface area contributed by atoms with Gasteiger partial charge in [0.25, 0.3) is 0 Å². The molecule has 19 nitrogen and oxygen atoms in total. The number of carbonyl (C=O) groups is 7. The molecule has 1 aromatic carbocycles. The normalized spacial score (nSPS) is 19.8. The highest BCUT2D eigenvalue weighted by Crippen LogP contribution is 2.30. The van der Waals surface area contributed by atoms with Crippen molar-refractivity contribution in [2.75, 3.05) is 30.7 Å². The predicted octanol–water partition coefficient (Wildman–Crippen LogP) is 2.37. The summed E-state index contributed by atoms with van der Waals surface area (Å²) < 4.78 is 0. The molecule has 348 valence electrons. The number of anilines is 1. The Morgan fingerprint density at radius 3 is 2.31 bits per heavy atom. The van der Waals surface area contributed by atoms with Crippen LogP contribution in [0.1, 0.15) is 95.8 Å². The van der Waals surface area contributed by atoms with Crippen molar-refractivity contribution in [2.45, 2.75) is 122 Å². The topological polar surface area (TPSA) is 269 Å². The van der Waals surface area contributed by atoms with Gasteiger partial charge in [-0.3, -0.25) is 33.8 Å². The van der Waals surface area contributed by atoms with E-state index in [-0.39, 0.29) is 60.1 Å². The van der Waals surface area contributed by atoms with Crippen molar-refractivity contribution in [1.29, 1.82) is 0 Å². The molecule has 1 aromatic heterocycles. The zero-order chi connectivity index (χ0) is 46.5. The minimum absolute atomic E-state index is 0.0797. The number of rotatable bonds is 22. The van der Waals surface area contributed by atoms with Gasteiger partial charge in [0, 0.05) is 81.7 Å². The number of nitrogens with one attached hydrogen (secondary N) is 4. The number of fused-ring (bicyclic) bond motifs is 1. The van der Waals surface area contributed by atoms with E-state index in [1.807, 2.05) is 37.3 Å². The van der Waals surface area contributed by atoms with E-state index in [4.69, 9.17) is 15.9 Å². The SMILES string of the molecule is CC1CC(=O)N(CCCCNC(=O)[C@H](C)NC(=O)[C@@H](NC(=O)CCCCCN2C(=O)CC(SC[C@H](N)C(=O)O)C2O)C(C)C)N=C1c1ccc(NC(=O)N2Cc3ccncc3C2)cc1. The number of amides is 7. The maximum absolute atomic E-state index is 13.2. The van der Waals surface area contributed by atoms with Crippen LogP contribution < -0.4 is 27.0 Å². The van der Waals surface area contributed by atoms with E-state index in [9.17, 15) is 38.7 Å². The standard InChI is InChI=1S/C44H62N10O9S/c1-26(2)38(50-35(55)10-6-5-8-18-53-36(56)21-34(42(53)60)64-25-33(45)43(61)62)41(59)48-28(4)40(58)47-16-7-9-19-54-37(57)20-27(3)39(51-54)29-11-13-32(14-12-29)49-44(63)52-23-30-15-17-46-22-31(30)24-52/h11-15,17,22,26-28,33-34,38,42,60H,5-10,16,18-21,23-25,45H2,1-4H3,(H,47,58)(H,48,59)(H,49,63)(H,50,55)(H,61,62)/t27?,28-,33-,34?,38-,42?/m0/s1. The monoisotopic (exact) mass is 906 g/mol. The average molecular weight is 907 g/mol. The lowest BCUT2D eigenvalue weighted by molar-refractivity contribution is -0.138. The zero-order valence-electron chi connectivity index (χ0n) is 37.0. The van der Waals surface area contributed by atoms with Crippen LogP contribution in [0.5, 0.6) is 0 Å². The first kappa shape index (κ1) is 49.4. The van der Waals surface area contributed by atoms with Crippen LogP contribution in [0.4, 0.5) is 10.5 Å². The van der Waals surface area contributed by atoms with Gasteiger partial charge in [0.2, 0.25) is 29.5 Å². The minimum atomic E-state index is -1.14. The molecule has 7 amide bonds. The number of hydrazone groups is 1. The molecule has 1 saturated heterocycles. The van der Waals surface area contributed by atoms with Crippen LogP contribution in [0.15, 0.2) is 47.8 Å². The molecule has 0 bridgehead atoms. The number of aliphatic carboxylic acids is 1. The number of hydrogen-bond donors (Lipinski definition) is 7. The minimum Gasteiger partial charge on any atom is -0.480 e. The second-order valence-electron chi connectivity index (χ2n) is 17.0. The molecule has 0 aliphatic carbocycles. The van der Waals surface area contributed by atoms with Crippen LogP contribution in [-0.4, -0.2) is 132 Å². The summed E-state index contributed by atoms with van der Waals surface area (Å²) in [5.41, 5.74) is 9.94. The van der Waals surface area contributed by atoms with Gasteiger partial charge < -0.3 is 47.0 Å². The van der Waals surface area contributed by atoms with Gasteiger partial charge in [-0.1, -0.05) is 39.3 Å². The van der Waals surface area contributed by atoms with Crippen LogP contribution in [0.3, 0.4) is 0 Å². The summed E-state index contributed by atoms with van der Waals surface area (Å²) >= 11 is 1.16. The molecule has 64 heavy (non-hydrogen) atoms. The maximum atomic E-state index is 13.2. The van der Waals surface area contributed by atoms with E-state index < -0.39 is 41.5 Å². The Balaban J connectivity index is 0.970. The lowest BCUT2D eigenvalue weighted by Gasteiger charge is -2.28. The van der Waals surface area contributed by atoms with Gasteiger partial charge in [-0.25, -0.2) is 9.80 Å². The molecule has 0 spiro atoms. The fraction of sp³-hybridized carbons (Fsp3) is 0.568. The van der Waals surface area contributed by atoms with Crippen molar-refractivity contribution < 1.29 is 43.8 Å². The number of aromatic nitrogens is 1. The molecule has 8 N–H and O–H groups in total. The Hall–Kier alpha value is -5.60. The Bertz CT molecular complexity index is 2010. The Morgan fingerprint density at radius 2 is 1.61 bits per heavy atom. The first-order valence-electron chi connectivity index (χ1n) is 21.9. The van der Waals surface area contributed by atoms with Gasteiger partial charge in [-0.2, -0.15) is 16.9 Å². The number of likely N-dealkylation sites (tertiary alicyclic amines) is 1. The van der Waals surface area contributed by atoms with Crippen molar-refractivity contribution in [1.82, 2.24) is 35.7 Å². The number of carbonyl (C=O) groups excluding carboxylic acids is 6. The van der Waals surface area contributed by atoms with Crippen molar-refractivity contribution in [3.8, 4) is 0 Å². The summed E-state index contributed by atoms with van der Waals surface area (Å²) in [6, 6.07) is 6.32. The smallest absolute Gasteiger partial charge is 0.322 e. The molecule has 3 unspecified atom stereocenters. The van der Waals surface area contributed by atoms with E-state index in [1.165, 1.54) is 9.91 Å². The molecule has 0 saturated carbocycles. The number of unbranched alkanes of at least 4 members (excludes halogenated alkanes) is 3. The molecule has 2 aromatic rings. The summed E-state index contributed by atoms with van der Waals surface area (Å²) in [6.07, 6.45) is 5.77. The second kappa shape index (κ2) is 23.4. The number of pyridine rings is 1. The second-order valence-corrected chi connectivity index (χ2v) is 18.2. The Kier molecular flexibility index (Phi) is 18.0. The molecular weight excluding hydrogens is 845 g/mol. The van der Waals surface area contributed by atoms with Crippen LogP contribution in [0, 0.1) is 11.8 Å². The van der Waals surface area contributed by atoms with Crippen LogP contribution in [-0.2, 0) is 41.9 Å². The molecule has 3 aliphatic heterocycles. The molecule has 5 rings (SSSR count). The molecule has 6 atom stereocenters. The first-order chi connectivity index (χ1) is 30.5. The molecular formula is C44H62N10O9S. The van der Waals surface area contributed by atoms with E-state index >= 15 is 0 Å². The predicted molar refractivity (Wildman–Crippen MR) is 240 cm³/mol. The zero-order valence-corrected chi connectivity index (χ0v) is 37.8. The van der Waals surface area contributed by atoms with Gasteiger partial charge in [0.05, 0.1) is 11.0 Å². The lowest BCUT2D eigenvalue weighted by Crippen LogP contribution is -2.54. The number of nitrogens with two attached hydrogens (primary N) is 1. The maximum Gasteiger partial charge on any atom is 0.322 e. The van der Waals surface area contributed by atoms with Gasteiger partial charge in [0.1, 0.15) is 24.4 Å². The first-order valence-corrected chi connectivity index (χ1v) is 23.0. The summed E-state index contributed by atoms with van der Waals surface area (Å²) in [5, 5.41) is 36.5. The summed E-state index contributed by atoms with van der Waals surface area (Å²) in [4.78, 5) is 95.3. The lowest BCUT2D eigenvalue weighted by atomic mass is 9.93. The van der Waals surface area contributed by atoms with Crippen molar-refractivity contribution in [2.24, 2.45) is 22.7 Å². The van der Waals surface area contributed by atoms with E-state index in [0.717, 1.165) is 34.2 Å². The number of aliphatic hydroxyl groups is 1. The van der Waals surface area contributed by atoms with Crippen molar-refractivity contribution >= 4 is 64.7 Å². The van der Waals surface area contributed by atoms with E-state index in [1.54, 1.807) is 38.1 Å². The Morgan fingerprint density at radius 1 is 0.891 bits per heavy atom. The third-order valence-electron chi connectivity index (χ3n) is 11.5. The largest absolute Gasteiger partial charge is 0.480 e. The van der Waals surface area contributed by atoms with Crippen molar-refractivity contribution in [3.63, 3.8) is 0 Å². The Labute approximate surface area is 377 Å². The van der Waals surface area contributed by atoms with E-state index in [0.29, 0.717) is 76.9 Å². The van der Waals surface area contributed by atoms with Crippen LogP contribution >= 0.6 is 11.8 Å². The van der Waals surface area contributed by atoms with Gasteiger partial charge >= 0.3 is 12.0 Å². The molecule has 20 heteroatoms. The van der Waals surface area contributed by atoms with Crippen LogP contribution in [0.25, 0.3) is 0 Å². The number of carboxylic acids is 1. The van der Waals surface area contributed by atoms with Crippen LogP contribution in [0.2, 0.25) is 0 Å². The number of carboxylic acid groups (broad SMARTS) is 1. The number of nitrogens with zero attached hydrogens (tertiary/aromatic N) is 5. The molecule has 4 heterocycles. The summed E-state index contributed by atoms with van der Waals surface area (Å²) in [5.74, 6) is -2.92. The number of hydrogen-bond acceptors (Lipinski definition) is 12.